The van der Waals surface area contributed by atoms with Gasteiger partial charge in [-0.15, -0.1) is 0 Å². The number of nitrogens with two attached hydrogens (primary N) is 1. The number of hydrogen-bond donors (Lipinski definition) is 1. The Morgan fingerprint density at radius 1 is 1.38 bits per heavy atom. The molecule has 2 N–H and O–H groups in total. The van der Waals surface area contributed by atoms with Crippen molar-refractivity contribution in [3.63, 3.8) is 0 Å². The van der Waals surface area contributed by atoms with Crippen LogP contribution >= 0.6 is 0 Å². The first kappa shape index (κ1) is 14.9. The van der Waals surface area contributed by atoms with Crippen molar-refractivity contribution < 1.29 is 22.7 Å². The van der Waals surface area contributed by atoms with Gasteiger partial charge in [0.05, 0.1) is 17.9 Å². The van der Waals surface area contributed by atoms with Crippen molar-refractivity contribution in [1.82, 2.24) is 9.55 Å². The summed E-state index contributed by atoms with van der Waals surface area (Å²) in [6, 6.07) is 4.83. The minimum atomic E-state index is -4.57. The Morgan fingerprint density at radius 3 is 2.67 bits per heavy atom. The Hall–Kier alpha value is -2.51. The van der Waals surface area contributed by atoms with Gasteiger partial charge >= 0.3 is 12.1 Å². The number of nitrogens with zero attached hydrogens (tertiary/aromatic N) is 2. The molecule has 2 rings (SSSR count). The molecule has 21 heavy (non-hydrogen) atoms. The number of imidazole rings is 1. The van der Waals surface area contributed by atoms with Gasteiger partial charge in [0.2, 0.25) is 0 Å². The van der Waals surface area contributed by atoms with Crippen molar-refractivity contribution in [2.75, 3.05) is 12.3 Å². The predicted molar refractivity (Wildman–Crippen MR) is 68.9 cm³/mol. The molecule has 1 heterocycles. The van der Waals surface area contributed by atoms with Gasteiger partial charge in [0.1, 0.15) is 6.33 Å². The zero-order valence-electron chi connectivity index (χ0n) is 11.0. The fourth-order valence-electron chi connectivity index (χ4n) is 1.87. The molecule has 8 heteroatoms. The van der Waals surface area contributed by atoms with Crippen molar-refractivity contribution in [2.24, 2.45) is 0 Å². The second kappa shape index (κ2) is 5.47. The van der Waals surface area contributed by atoms with Crippen LogP contribution in [0.5, 0.6) is 0 Å². The summed E-state index contributed by atoms with van der Waals surface area (Å²) >= 11 is 0. The molecule has 2 aromatic rings. The molecular formula is C13H12F3N3O2. The third-order valence-electron chi connectivity index (χ3n) is 2.73. The summed E-state index contributed by atoms with van der Waals surface area (Å²) in [7, 11) is 0. The summed E-state index contributed by atoms with van der Waals surface area (Å²) in [4.78, 5) is 15.5. The Kier molecular flexibility index (Phi) is 3.88. The molecule has 112 valence electrons. The van der Waals surface area contributed by atoms with Crippen molar-refractivity contribution in [2.45, 2.75) is 13.1 Å². The molecule has 0 radical (unpaired) electrons. The number of benzene rings is 1. The topological polar surface area (TPSA) is 70.1 Å². The Bertz CT molecular complexity index is 665. The van der Waals surface area contributed by atoms with Gasteiger partial charge in [0, 0.05) is 0 Å². The lowest BCUT2D eigenvalue weighted by Crippen LogP contribution is -2.16. The maximum Gasteiger partial charge on any atom is 0.418 e. The van der Waals surface area contributed by atoms with Crippen LogP contribution in [0.25, 0.3) is 5.69 Å². The molecule has 0 aliphatic heterocycles. The van der Waals surface area contributed by atoms with Crippen LogP contribution in [0, 0.1) is 0 Å². The Labute approximate surface area is 118 Å². The number of carbonyl (C=O) groups is 1. The van der Waals surface area contributed by atoms with Gasteiger partial charge in [-0.25, -0.2) is 9.78 Å². The summed E-state index contributed by atoms with van der Waals surface area (Å²) in [5, 5.41) is 0. The molecule has 5 nitrogen and oxygen atoms in total. The Balaban J connectivity index is 2.62. The van der Waals surface area contributed by atoms with Crippen LogP contribution in [0.2, 0.25) is 0 Å². The zero-order chi connectivity index (χ0) is 15.6. The van der Waals surface area contributed by atoms with Gasteiger partial charge in [-0.2, -0.15) is 13.2 Å². The predicted octanol–water partition coefficient (Wildman–Crippen LogP) is 2.65. The lowest BCUT2D eigenvalue weighted by atomic mass is 10.1. The van der Waals surface area contributed by atoms with E-state index in [1.165, 1.54) is 18.2 Å². The molecular weight excluding hydrogens is 287 g/mol. The average molecular weight is 299 g/mol. The highest BCUT2D eigenvalue weighted by Gasteiger charge is 2.34. The fourth-order valence-corrected chi connectivity index (χ4v) is 1.87. The van der Waals surface area contributed by atoms with E-state index in [0.717, 1.165) is 17.0 Å². The normalized spacial score (nSPS) is 11.4. The van der Waals surface area contributed by atoms with Crippen molar-refractivity contribution >= 4 is 11.8 Å². The van der Waals surface area contributed by atoms with E-state index in [-0.39, 0.29) is 23.8 Å². The first-order valence-corrected chi connectivity index (χ1v) is 6.02. The molecule has 0 saturated heterocycles. The van der Waals surface area contributed by atoms with Crippen LogP contribution in [-0.2, 0) is 10.9 Å². The second-order valence-electron chi connectivity index (χ2n) is 4.08. The van der Waals surface area contributed by atoms with E-state index in [4.69, 9.17) is 10.5 Å². The first-order chi connectivity index (χ1) is 9.86. The molecule has 0 aliphatic rings. The lowest BCUT2D eigenvalue weighted by molar-refractivity contribution is -0.137. The smallest absolute Gasteiger partial charge is 0.418 e. The number of para-hydroxylation sites is 1. The quantitative estimate of drug-likeness (QED) is 0.885. The summed E-state index contributed by atoms with van der Waals surface area (Å²) in [5.74, 6) is -1.02. The van der Waals surface area contributed by atoms with Gasteiger partial charge in [0.25, 0.3) is 0 Å². The number of esters is 1. The molecule has 0 atom stereocenters. The Morgan fingerprint density at radius 2 is 2.05 bits per heavy atom. The van der Waals surface area contributed by atoms with Gasteiger partial charge in [-0.1, -0.05) is 12.1 Å². The van der Waals surface area contributed by atoms with Gasteiger partial charge in [-0.05, 0) is 19.1 Å². The van der Waals surface area contributed by atoms with E-state index in [9.17, 15) is 18.0 Å². The minimum absolute atomic E-state index is 0.0738. The number of ether oxygens (including phenoxy) is 1. The fraction of sp³-hybridized carbons (Fsp3) is 0.231. The highest BCUT2D eigenvalue weighted by atomic mass is 19.4. The minimum Gasteiger partial charge on any atom is -0.461 e. The van der Waals surface area contributed by atoms with Crippen molar-refractivity contribution in [3.8, 4) is 5.69 Å². The highest BCUT2D eigenvalue weighted by Crippen LogP contribution is 2.34. The summed E-state index contributed by atoms with van der Waals surface area (Å²) in [5.41, 5.74) is 4.19. The maximum atomic E-state index is 13.0. The van der Waals surface area contributed by atoms with E-state index in [1.54, 1.807) is 6.92 Å². The third kappa shape index (κ3) is 2.83. The molecule has 0 bridgehead atoms. The summed E-state index contributed by atoms with van der Waals surface area (Å²) in [6.07, 6.45) is -3.51. The van der Waals surface area contributed by atoms with Gasteiger partial charge < -0.3 is 10.5 Å². The number of hydrogen-bond acceptors (Lipinski definition) is 4. The number of nitrogen functional groups attached to an aromatic ring is 1. The van der Waals surface area contributed by atoms with Gasteiger partial charge in [0.15, 0.2) is 11.5 Å². The third-order valence-corrected chi connectivity index (χ3v) is 2.73. The first-order valence-electron chi connectivity index (χ1n) is 6.02. The van der Waals surface area contributed by atoms with Crippen LogP contribution in [0.1, 0.15) is 23.0 Å². The summed E-state index contributed by atoms with van der Waals surface area (Å²) in [6.45, 7) is 1.66. The molecule has 0 spiro atoms. The molecule has 0 saturated carbocycles. The van der Waals surface area contributed by atoms with Gasteiger partial charge in [-0.3, -0.25) is 4.57 Å². The maximum absolute atomic E-state index is 13.0. The molecule has 0 unspecified atom stereocenters. The zero-order valence-corrected chi connectivity index (χ0v) is 11.0. The number of rotatable bonds is 3. The van der Waals surface area contributed by atoms with Crippen molar-refractivity contribution in [3.05, 3.63) is 41.9 Å². The summed E-state index contributed by atoms with van der Waals surface area (Å²) < 4.78 is 44.9. The SMILES string of the molecule is CCOC(=O)c1c(N)ncn1-c1ccccc1C(F)(F)F. The molecule has 1 aromatic heterocycles. The monoisotopic (exact) mass is 299 g/mol. The number of aromatic nitrogens is 2. The van der Waals surface area contributed by atoms with E-state index >= 15 is 0 Å². The highest BCUT2D eigenvalue weighted by molar-refractivity contribution is 5.93. The van der Waals surface area contributed by atoms with Crippen LogP contribution in [0.4, 0.5) is 19.0 Å². The van der Waals surface area contributed by atoms with Crippen LogP contribution in [0.3, 0.4) is 0 Å². The van der Waals surface area contributed by atoms with E-state index in [0.29, 0.717) is 0 Å². The number of anilines is 1. The van der Waals surface area contributed by atoms with E-state index < -0.39 is 17.7 Å². The lowest BCUT2D eigenvalue weighted by Gasteiger charge is -2.14. The van der Waals surface area contributed by atoms with Crippen molar-refractivity contribution in [1.29, 1.82) is 0 Å². The standard InChI is InChI=1S/C13H12F3N3O2/c1-2-21-12(20)10-11(17)18-7-19(10)9-6-4-3-5-8(9)13(14,15)16/h3-7H,2,17H2,1H3. The van der Waals surface area contributed by atoms with Crippen LogP contribution in [-0.4, -0.2) is 22.1 Å². The largest absolute Gasteiger partial charge is 0.461 e. The van der Waals surface area contributed by atoms with E-state index in [2.05, 4.69) is 4.98 Å². The van der Waals surface area contributed by atoms with E-state index in [1.807, 2.05) is 0 Å². The number of halogens is 3. The molecule has 0 amide bonds. The number of carbonyl (C=O) groups excluding carboxylic acids is 1. The van der Waals surface area contributed by atoms with Crippen LogP contribution in [0.15, 0.2) is 30.6 Å². The molecule has 1 aromatic carbocycles. The second-order valence-corrected chi connectivity index (χ2v) is 4.08. The molecule has 0 fully saturated rings. The van der Waals surface area contributed by atoms with Crippen LogP contribution < -0.4 is 5.73 Å². The average Bonchev–Trinajstić information content (AvgIpc) is 2.80. The molecule has 0 aliphatic carbocycles. The number of alkyl halides is 3.